The van der Waals surface area contributed by atoms with E-state index in [2.05, 4.69) is 38.2 Å². The summed E-state index contributed by atoms with van der Waals surface area (Å²) in [6.45, 7) is 0.696. The first-order valence-corrected chi connectivity index (χ1v) is 6.17. The van der Waals surface area contributed by atoms with Crippen molar-refractivity contribution in [3.63, 3.8) is 0 Å². The van der Waals surface area contributed by atoms with Crippen molar-refractivity contribution in [3.05, 3.63) is 38.7 Å². The molecule has 0 spiro atoms. The first kappa shape index (κ1) is 11.8. The first-order valence-electron chi connectivity index (χ1n) is 4.72. The van der Waals surface area contributed by atoms with E-state index in [0.29, 0.717) is 11.6 Å². The summed E-state index contributed by atoms with van der Waals surface area (Å²) in [6.07, 6.45) is 1.87. The first-order chi connectivity index (χ1) is 7.70. The second kappa shape index (κ2) is 5.11. The van der Waals surface area contributed by atoms with Crippen molar-refractivity contribution in [1.82, 2.24) is 20.3 Å². The molecule has 1 aromatic heterocycles. The summed E-state index contributed by atoms with van der Waals surface area (Å²) in [5.74, 6) is 0. The minimum absolute atomic E-state index is 0.674. The largest absolute Gasteiger partial charge is 0.314 e. The molecule has 84 valence electrons. The second-order valence-electron chi connectivity index (χ2n) is 3.28. The molecule has 0 unspecified atom stereocenters. The molecule has 1 N–H and O–H groups in total. The highest BCUT2D eigenvalue weighted by Crippen LogP contribution is 2.22. The molecule has 0 aliphatic heterocycles. The van der Waals surface area contributed by atoms with Crippen LogP contribution in [0, 0.1) is 3.57 Å². The van der Waals surface area contributed by atoms with Gasteiger partial charge < -0.3 is 5.32 Å². The molecule has 0 bridgehead atoms. The fourth-order valence-electron chi connectivity index (χ4n) is 1.35. The van der Waals surface area contributed by atoms with E-state index in [1.165, 1.54) is 0 Å². The number of nitrogens with one attached hydrogen (secondary N) is 1. The monoisotopic (exact) mass is 348 g/mol. The Balaban J connectivity index is 2.35. The van der Waals surface area contributed by atoms with Gasteiger partial charge in [-0.15, -0.1) is 5.10 Å². The topological polar surface area (TPSA) is 42.7 Å². The van der Waals surface area contributed by atoms with Crippen LogP contribution >= 0.6 is 34.2 Å². The minimum atomic E-state index is 0.674. The third kappa shape index (κ3) is 2.53. The van der Waals surface area contributed by atoms with Crippen molar-refractivity contribution in [2.45, 2.75) is 6.54 Å². The van der Waals surface area contributed by atoms with Crippen molar-refractivity contribution in [3.8, 4) is 5.69 Å². The van der Waals surface area contributed by atoms with Crippen LogP contribution in [0.25, 0.3) is 5.69 Å². The van der Waals surface area contributed by atoms with Gasteiger partial charge in [-0.1, -0.05) is 16.8 Å². The molecule has 16 heavy (non-hydrogen) atoms. The van der Waals surface area contributed by atoms with Gasteiger partial charge in [0.2, 0.25) is 0 Å². The van der Waals surface area contributed by atoms with Gasteiger partial charge in [-0.25, -0.2) is 4.68 Å². The molecule has 1 heterocycles. The molecule has 6 heteroatoms. The predicted octanol–water partition coefficient (Wildman–Crippen LogP) is 2.24. The standard InChI is InChI=1S/C10H10ClIN4/c1-13-5-8-6-16(15-14-8)10-3-2-7(12)4-9(10)11/h2-4,6,13H,5H2,1H3. The molecule has 0 saturated heterocycles. The normalized spacial score (nSPS) is 10.7. The van der Waals surface area contributed by atoms with Crippen LogP contribution in [0.1, 0.15) is 5.69 Å². The highest BCUT2D eigenvalue weighted by atomic mass is 127. The van der Waals surface area contributed by atoms with Crippen molar-refractivity contribution in [1.29, 1.82) is 0 Å². The van der Waals surface area contributed by atoms with Gasteiger partial charge in [-0.3, -0.25) is 0 Å². The van der Waals surface area contributed by atoms with Gasteiger partial charge in [0.25, 0.3) is 0 Å². The molecule has 1 aromatic carbocycles. The number of hydrogen-bond acceptors (Lipinski definition) is 3. The Morgan fingerprint density at radius 1 is 1.50 bits per heavy atom. The molecule has 0 atom stereocenters. The van der Waals surface area contributed by atoms with Crippen molar-refractivity contribution in [2.24, 2.45) is 0 Å². The number of aromatic nitrogens is 3. The zero-order valence-corrected chi connectivity index (χ0v) is 11.5. The van der Waals surface area contributed by atoms with E-state index in [9.17, 15) is 0 Å². The summed E-state index contributed by atoms with van der Waals surface area (Å²) in [5.41, 5.74) is 1.73. The molecule has 0 aliphatic carbocycles. The summed E-state index contributed by atoms with van der Waals surface area (Å²) in [7, 11) is 1.87. The Hall–Kier alpha value is -0.660. The molecule has 0 radical (unpaired) electrons. The van der Waals surface area contributed by atoms with Gasteiger partial charge in [-0.05, 0) is 47.8 Å². The van der Waals surface area contributed by atoms with Gasteiger partial charge in [0.05, 0.1) is 22.6 Å². The molecule has 0 aliphatic rings. The highest BCUT2D eigenvalue weighted by Gasteiger charge is 2.06. The van der Waals surface area contributed by atoms with E-state index in [0.717, 1.165) is 15.0 Å². The van der Waals surface area contributed by atoms with Crippen LogP contribution < -0.4 is 5.32 Å². The van der Waals surface area contributed by atoms with Crippen LogP contribution in [0.2, 0.25) is 5.02 Å². The van der Waals surface area contributed by atoms with E-state index in [4.69, 9.17) is 11.6 Å². The fourth-order valence-corrected chi connectivity index (χ4v) is 2.29. The van der Waals surface area contributed by atoms with Crippen LogP contribution in [0.4, 0.5) is 0 Å². The molecule has 0 amide bonds. The van der Waals surface area contributed by atoms with Crippen LogP contribution in [0.5, 0.6) is 0 Å². The summed E-state index contributed by atoms with van der Waals surface area (Å²) >= 11 is 8.36. The second-order valence-corrected chi connectivity index (χ2v) is 4.93. The van der Waals surface area contributed by atoms with Gasteiger partial charge >= 0.3 is 0 Å². The molecular formula is C10H10ClIN4. The lowest BCUT2D eigenvalue weighted by Gasteiger charge is -2.02. The maximum absolute atomic E-state index is 6.14. The predicted molar refractivity (Wildman–Crippen MR) is 71.8 cm³/mol. The maximum atomic E-state index is 6.14. The Labute approximate surface area is 112 Å². The molecule has 4 nitrogen and oxygen atoms in total. The third-order valence-electron chi connectivity index (χ3n) is 2.06. The number of benzene rings is 1. The quantitative estimate of drug-likeness (QED) is 0.865. The van der Waals surface area contributed by atoms with E-state index in [-0.39, 0.29) is 0 Å². The summed E-state index contributed by atoms with van der Waals surface area (Å²) in [6, 6.07) is 5.82. The number of halogens is 2. The van der Waals surface area contributed by atoms with Gasteiger partial charge in [0, 0.05) is 10.1 Å². The zero-order chi connectivity index (χ0) is 11.5. The van der Waals surface area contributed by atoms with Crippen LogP contribution in [-0.2, 0) is 6.54 Å². The SMILES string of the molecule is CNCc1cn(-c2ccc(I)cc2Cl)nn1. The molecule has 2 aromatic rings. The minimum Gasteiger partial charge on any atom is -0.314 e. The van der Waals surface area contributed by atoms with Gasteiger partial charge in [0.15, 0.2) is 0 Å². The average Bonchev–Trinajstić information content (AvgIpc) is 2.67. The van der Waals surface area contributed by atoms with Crippen molar-refractivity contribution >= 4 is 34.2 Å². The number of hydrogen-bond donors (Lipinski definition) is 1. The van der Waals surface area contributed by atoms with E-state index < -0.39 is 0 Å². The fraction of sp³-hybridized carbons (Fsp3) is 0.200. The summed E-state index contributed by atoms with van der Waals surface area (Å²) in [4.78, 5) is 0. The van der Waals surface area contributed by atoms with Gasteiger partial charge in [-0.2, -0.15) is 0 Å². The number of rotatable bonds is 3. The van der Waals surface area contributed by atoms with Gasteiger partial charge in [0.1, 0.15) is 0 Å². The van der Waals surface area contributed by atoms with E-state index in [1.54, 1.807) is 4.68 Å². The van der Waals surface area contributed by atoms with E-state index >= 15 is 0 Å². The lowest BCUT2D eigenvalue weighted by molar-refractivity contribution is 0.767. The lowest BCUT2D eigenvalue weighted by atomic mass is 10.3. The molecule has 0 fully saturated rings. The average molecular weight is 349 g/mol. The zero-order valence-electron chi connectivity index (χ0n) is 8.61. The smallest absolute Gasteiger partial charge is 0.0969 e. The number of nitrogens with zero attached hydrogens (tertiary/aromatic N) is 3. The third-order valence-corrected chi connectivity index (χ3v) is 3.03. The van der Waals surface area contributed by atoms with Crippen LogP contribution in [-0.4, -0.2) is 22.0 Å². The van der Waals surface area contributed by atoms with Crippen molar-refractivity contribution < 1.29 is 0 Å². The van der Waals surface area contributed by atoms with Crippen LogP contribution in [0.3, 0.4) is 0 Å². The Morgan fingerprint density at radius 2 is 2.31 bits per heavy atom. The highest BCUT2D eigenvalue weighted by molar-refractivity contribution is 14.1. The maximum Gasteiger partial charge on any atom is 0.0969 e. The summed E-state index contributed by atoms with van der Waals surface area (Å²) in [5, 5.41) is 11.8. The summed E-state index contributed by atoms with van der Waals surface area (Å²) < 4.78 is 2.78. The Bertz CT molecular complexity index is 497. The van der Waals surface area contributed by atoms with E-state index in [1.807, 2.05) is 31.4 Å². The molecule has 0 saturated carbocycles. The van der Waals surface area contributed by atoms with Crippen LogP contribution in [0.15, 0.2) is 24.4 Å². The van der Waals surface area contributed by atoms with Crippen molar-refractivity contribution in [2.75, 3.05) is 7.05 Å². The Morgan fingerprint density at radius 3 is 3.00 bits per heavy atom. The lowest BCUT2D eigenvalue weighted by Crippen LogP contribution is -2.05. The Kier molecular flexibility index (Phi) is 3.78. The molecular weight excluding hydrogens is 338 g/mol. The molecule has 2 rings (SSSR count).